The molecule has 10 aromatic carbocycles. The maximum Gasteiger partial charge on any atom is 0.143 e. The van der Waals surface area contributed by atoms with Crippen LogP contribution in [0.2, 0.25) is 0 Å². The van der Waals surface area contributed by atoms with E-state index in [0.29, 0.717) is 0 Å². The Hall–Kier alpha value is -7.88. The lowest BCUT2D eigenvalue weighted by atomic mass is 9.98. The molecule has 0 N–H and O–H groups in total. The second-order valence-corrected chi connectivity index (χ2v) is 15.3. The summed E-state index contributed by atoms with van der Waals surface area (Å²) in [6.07, 6.45) is 0. The minimum Gasteiger partial charge on any atom is -0.455 e. The predicted octanol–water partition coefficient (Wildman–Crippen LogP) is 15.8. The molecule has 0 amide bonds. The average Bonchev–Trinajstić information content (AvgIpc) is 3.86. The second kappa shape index (κ2) is 13.4. The van der Waals surface area contributed by atoms with Gasteiger partial charge in [-0.05, 0) is 81.7 Å². The third-order valence-electron chi connectivity index (χ3n) is 12.0. The summed E-state index contributed by atoms with van der Waals surface area (Å²) in [5, 5.41) is 9.69. The highest BCUT2D eigenvalue weighted by molar-refractivity contribution is 6.12. The largest absolute Gasteiger partial charge is 0.455 e. The van der Waals surface area contributed by atoms with Gasteiger partial charge in [0.1, 0.15) is 11.2 Å². The molecule has 0 spiro atoms. The normalized spacial score (nSPS) is 11.7. The Morgan fingerprint density at radius 3 is 1.75 bits per heavy atom. The topological polar surface area (TPSA) is 21.3 Å². The number of benzene rings is 10. The molecule has 0 aliphatic heterocycles. The third kappa shape index (κ3) is 5.29. The van der Waals surface area contributed by atoms with E-state index in [9.17, 15) is 0 Å². The van der Waals surface area contributed by atoms with E-state index in [1.54, 1.807) is 0 Å². The Kier molecular flexibility index (Phi) is 7.54. The van der Waals surface area contributed by atoms with Gasteiger partial charge in [-0.1, -0.05) is 164 Å². The summed E-state index contributed by atoms with van der Waals surface area (Å²) in [6, 6.07) is 78.8. The first-order valence-electron chi connectivity index (χ1n) is 20.2. The lowest BCUT2D eigenvalue weighted by Gasteiger charge is -2.29. The molecule has 0 radical (unpaired) electrons. The van der Waals surface area contributed by atoms with Crippen LogP contribution in [-0.4, -0.2) is 4.57 Å². The zero-order chi connectivity index (χ0) is 38.9. The number of hydrogen-bond donors (Lipinski definition) is 0. The van der Waals surface area contributed by atoms with Gasteiger partial charge in [-0.15, -0.1) is 0 Å². The van der Waals surface area contributed by atoms with Crippen LogP contribution >= 0.6 is 0 Å². The van der Waals surface area contributed by atoms with Crippen LogP contribution in [0.25, 0.3) is 93.2 Å². The van der Waals surface area contributed by atoms with Crippen LogP contribution in [0.3, 0.4) is 0 Å². The number of hydrogen-bond acceptors (Lipinski definition) is 2. The standard InChI is InChI=1S/C56H36N2O/c1-2-15-42-37(14-1)28-29-39-36-41(34-35-43(39)42)57(40-32-30-38(31-33-40)44-21-13-22-50-49-20-7-12-27-55(49)59-56(44)50)51-23-8-3-16-45(51)46-17-4-9-24-52(46)58-53-25-10-5-18-47(53)48-19-6-11-26-54(48)58/h1-36H. The lowest BCUT2D eigenvalue weighted by molar-refractivity contribution is 0.670. The Labute approximate surface area is 341 Å². The van der Waals surface area contributed by atoms with Crippen molar-refractivity contribution < 1.29 is 4.42 Å². The lowest BCUT2D eigenvalue weighted by Crippen LogP contribution is -2.11. The predicted molar refractivity (Wildman–Crippen MR) is 249 cm³/mol. The molecule has 3 nitrogen and oxygen atoms in total. The number of nitrogens with zero attached hydrogens (tertiary/aromatic N) is 2. The van der Waals surface area contributed by atoms with Crippen molar-refractivity contribution in [3.63, 3.8) is 0 Å². The highest BCUT2D eigenvalue weighted by Gasteiger charge is 2.22. The molecular formula is C56H36N2O. The van der Waals surface area contributed by atoms with Crippen LogP contribution in [0.5, 0.6) is 0 Å². The van der Waals surface area contributed by atoms with Crippen molar-refractivity contribution in [2.75, 3.05) is 4.90 Å². The molecule has 276 valence electrons. The van der Waals surface area contributed by atoms with Gasteiger partial charge in [0.2, 0.25) is 0 Å². The Morgan fingerprint density at radius 2 is 0.932 bits per heavy atom. The third-order valence-corrected chi connectivity index (χ3v) is 12.0. The number of aromatic nitrogens is 1. The molecule has 12 aromatic rings. The summed E-state index contributed by atoms with van der Waals surface area (Å²) in [7, 11) is 0. The van der Waals surface area contributed by atoms with Gasteiger partial charge in [0.05, 0.1) is 22.4 Å². The number of fused-ring (bicyclic) bond motifs is 9. The fourth-order valence-corrected chi connectivity index (χ4v) is 9.31. The van der Waals surface area contributed by atoms with Crippen molar-refractivity contribution in [1.29, 1.82) is 0 Å². The quantitative estimate of drug-likeness (QED) is 0.158. The molecule has 0 fully saturated rings. The van der Waals surface area contributed by atoms with Crippen molar-refractivity contribution in [2.45, 2.75) is 0 Å². The second-order valence-electron chi connectivity index (χ2n) is 15.3. The maximum absolute atomic E-state index is 6.47. The van der Waals surface area contributed by atoms with Gasteiger partial charge >= 0.3 is 0 Å². The molecule has 0 aliphatic carbocycles. The average molecular weight is 753 g/mol. The molecule has 2 heterocycles. The van der Waals surface area contributed by atoms with E-state index in [1.807, 2.05) is 12.1 Å². The molecule has 0 saturated carbocycles. The van der Waals surface area contributed by atoms with Crippen molar-refractivity contribution in [3.8, 4) is 27.9 Å². The smallest absolute Gasteiger partial charge is 0.143 e. The summed E-state index contributed by atoms with van der Waals surface area (Å²) < 4.78 is 8.90. The fraction of sp³-hybridized carbons (Fsp3) is 0. The molecule has 12 rings (SSSR count). The van der Waals surface area contributed by atoms with E-state index in [1.165, 1.54) is 43.4 Å². The van der Waals surface area contributed by atoms with Crippen LogP contribution in [0, 0.1) is 0 Å². The first-order valence-corrected chi connectivity index (χ1v) is 20.2. The van der Waals surface area contributed by atoms with Gasteiger partial charge < -0.3 is 13.9 Å². The van der Waals surface area contributed by atoms with Crippen molar-refractivity contribution >= 4 is 82.4 Å². The van der Waals surface area contributed by atoms with Crippen molar-refractivity contribution in [2.24, 2.45) is 0 Å². The van der Waals surface area contributed by atoms with Gasteiger partial charge in [-0.2, -0.15) is 0 Å². The van der Waals surface area contributed by atoms with Gasteiger partial charge in [-0.25, -0.2) is 0 Å². The summed E-state index contributed by atoms with van der Waals surface area (Å²) in [5.74, 6) is 0. The number of para-hydroxylation sites is 6. The number of rotatable bonds is 6. The molecule has 0 atom stereocenters. The fourth-order valence-electron chi connectivity index (χ4n) is 9.31. The van der Waals surface area contributed by atoms with E-state index >= 15 is 0 Å². The van der Waals surface area contributed by atoms with E-state index < -0.39 is 0 Å². The van der Waals surface area contributed by atoms with Gasteiger partial charge in [0, 0.05) is 49.6 Å². The minimum atomic E-state index is 0.902. The highest BCUT2D eigenvalue weighted by Crippen LogP contribution is 2.45. The van der Waals surface area contributed by atoms with Crippen LogP contribution < -0.4 is 4.90 Å². The zero-order valence-electron chi connectivity index (χ0n) is 32.1. The molecule has 0 aliphatic rings. The monoisotopic (exact) mass is 752 g/mol. The molecule has 2 aromatic heterocycles. The Bertz CT molecular complexity index is 3520. The molecular weight excluding hydrogens is 717 g/mol. The minimum absolute atomic E-state index is 0.902. The van der Waals surface area contributed by atoms with Crippen LogP contribution in [0.1, 0.15) is 0 Å². The SMILES string of the molecule is c1ccc(N(c2ccc(-c3cccc4c3oc3ccccc34)cc2)c2ccc3c(ccc4ccccc43)c2)c(-c2ccccc2-n2c3ccccc3c3ccccc32)c1. The van der Waals surface area contributed by atoms with E-state index in [0.717, 1.165) is 66.9 Å². The summed E-state index contributed by atoms with van der Waals surface area (Å²) in [6.45, 7) is 0. The zero-order valence-corrected chi connectivity index (χ0v) is 32.1. The van der Waals surface area contributed by atoms with E-state index in [2.05, 4.69) is 216 Å². The first-order chi connectivity index (χ1) is 29.3. The van der Waals surface area contributed by atoms with Crippen LogP contribution in [0.4, 0.5) is 17.1 Å². The van der Waals surface area contributed by atoms with Gasteiger partial charge in [0.25, 0.3) is 0 Å². The van der Waals surface area contributed by atoms with E-state index in [4.69, 9.17) is 4.42 Å². The summed E-state index contributed by atoms with van der Waals surface area (Å²) in [5.41, 5.74) is 13.0. The van der Waals surface area contributed by atoms with Gasteiger partial charge in [-0.3, -0.25) is 0 Å². The highest BCUT2D eigenvalue weighted by atomic mass is 16.3. The number of furan rings is 1. The number of anilines is 3. The van der Waals surface area contributed by atoms with Crippen LogP contribution in [0.15, 0.2) is 223 Å². The van der Waals surface area contributed by atoms with Crippen LogP contribution in [-0.2, 0) is 0 Å². The Morgan fingerprint density at radius 1 is 0.356 bits per heavy atom. The maximum atomic E-state index is 6.47. The molecule has 0 bridgehead atoms. The molecule has 0 unspecified atom stereocenters. The van der Waals surface area contributed by atoms with Gasteiger partial charge in [0.15, 0.2) is 0 Å². The van der Waals surface area contributed by atoms with Crippen molar-refractivity contribution in [3.05, 3.63) is 218 Å². The summed E-state index contributed by atoms with van der Waals surface area (Å²) in [4.78, 5) is 2.41. The first kappa shape index (κ1) is 33.3. The molecule has 0 saturated heterocycles. The molecule has 59 heavy (non-hydrogen) atoms. The van der Waals surface area contributed by atoms with Crippen molar-refractivity contribution in [1.82, 2.24) is 4.57 Å². The Balaban J connectivity index is 1.06. The summed E-state index contributed by atoms with van der Waals surface area (Å²) >= 11 is 0. The molecule has 3 heteroatoms. The van der Waals surface area contributed by atoms with E-state index in [-0.39, 0.29) is 0 Å².